The van der Waals surface area contributed by atoms with Gasteiger partial charge in [-0.05, 0) is 160 Å². The summed E-state index contributed by atoms with van der Waals surface area (Å²) in [4.78, 5) is 57.9. The largest absolute Gasteiger partial charge is 0.477 e. The predicted molar refractivity (Wildman–Crippen MR) is 299 cm³/mol. The van der Waals surface area contributed by atoms with E-state index < -0.39 is 38.0 Å². The van der Waals surface area contributed by atoms with Crippen LogP contribution in [0.1, 0.15) is 162 Å². The molecule has 19 heteroatoms. The third kappa shape index (κ3) is 14.3. The Labute approximate surface area is 456 Å². The molecule has 406 valence electrons. The van der Waals surface area contributed by atoms with Crippen LogP contribution in [0.4, 0.5) is 11.4 Å². The van der Waals surface area contributed by atoms with Crippen LogP contribution in [-0.4, -0.2) is 97.7 Å². The van der Waals surface area contributed by atoms with Crippen molar-refractivity contribution in [2.75, 3.05) is 36.0 Å². The molecule has 0 unspecified atom stereocenters. The van der Waals surface area contributed by atoms with E-state index in [-0.39, 0.29) is 81.4 Å². The van der Waals surface area contributed by atoms with Crippen molar-refractivity contribution >= 4 is 89.2 Å². The number of amides is 2. The van der Waals surface area contributed by atoms with Crippen molar-refractivity contribution in [2.45, 2.75) is 149 Å². The van der Waals surface area contributed by atoms with Gasteiger partial charge >= 0.3 is 11.9 Å². The lowest BCUT2D eigenvalue weighted by atomic mass is 9.82. The number of rotatable bonds is 12. The second-order valence-corrected chi connectivity index (χ2v) is 29.5. The van der Waals surface area contributed by atoms with Crippen molar-refractivity contribution in [1.29, 1.82) is 0 Å². The fourth-order valence-electron chi connectivity index (χ4n) is 10.3. The number of carboxylic acids is 2. The lowest BCUT2D eigenvalue weighted by molar-refractivity contribution is -0.124. The van der Waals surface area contributed by atoms with Gasteiger partial charge in [-0.1, -0.05) is 49.7 Å². The Morgan fingerprint density at radius 2 is 1.09 bits per heavy atom. The molecule has 2 saturated carbocycles. The number of piperidine rings is 1. The predicted octanol–water partition coefficient (Wildman–Crippen LogP) is 11.2. The number of carbonyl (C=O) groups is 4. The summed E-state index contributed by atoms with van der Waals surface area (Å²) >= 11 is 3.51. The highest BCUT2D eigenvalue weighted by Crippen LogP contribution is 2.41. The normalized spacial score (nSPS) is 22.9. The number of carboxylic acid groups (broad SMARTS) is 2. The van der Waals surface area contributed by atoms with E-state index in [1.54, 1.807) is 50.9 Å². The molecule has 75 heavy (non-hydrogen) atoms. The average molecular weight is 1120 g/mol. The Morgan fingerprint density at radius 3 is 1.51 bits per heavy atom. The molecule has 2 aliphatic heterocycles. The second-order valence-electron chi connectivity index (χ2n) is 22.7. The molecule has 5 heterocycles. The zero-order valence-corrected chi connectivity index (χ0v) is 48.5. The van der Waals surface area contributed by atoms with Gasteiger partial charge in [0.05, 0.1) is 37.0 Å². The van der Waals surface area contributed by atoms with Crippen molar-refractivity contribution in [1.82, 2.24) is 8.61 Å². The van der Waals surface area contributed by atoms with Crippen LogP contribution in [0.3, 0.4) is 0 Å². The molecule has 8 rings (SSSR count). The first-order chi connectivity index (χ1) is 35.2. The van der Waals surface area contributed by atoms with Crippen LogP contribution in [0.5, 0.6) is 0 Å². The minimum absolute atomic E-state index is 0.0494. The Morgan fingerprint density at radius 1 is 0.640 bits per heavy atom. The Balaban J connectivity index is 0.000000219. The van der Waals surface area contributed by atoms with E-state index in [0.29, 0.717) is 63.5 Å². The van der Waals surface area contributed by atoms with Crippen LogP contribution in [0, 0.1) is 58.2 Å². The maximum Gasteiger partial charge on any atom is 0.348 e. The summed E-state index contributed by atoms with van der Waals surface area (Å²) in [7, 11) is -7.25. The van der Waals surface area contributed by atoms with E-state index in [1.165, 1.54) is 19.9 Å². The zero-order valence-electron chi connectivity index (χ0n) is 44.4. The molecule has 3 aromatic heterocycles. The molecule has 2 amide bonds. The first-order valence-corrected chi connectivity index (χ1v) is 31.5. The van der Waals surface area contributed by atoms with E-state index in [1.807, 2.05) is 47.6 Å². The lowest BCUT2D eigenvalue weighted by Crippen LogP contribution is -2.51. The SMILES string of the molecule is CC1CCC(C(=O)N(c2cc(C#CC(C)(C)C)sc2C(=O)O)C2CCN(S(=O)(=O)c3ccsc3)CC2)CC1.CC1CCC(C(=O)N(c2cc(C#CC(C)(C)C)sc2C(=O)O)[C@H]2CCN(S(=O)(=O)C3=CCC=C3)C2)CC1. The highest BCUT2D eigenvalue weighted by Gasteiger charge is 2.43. The standard InChI is InChI=1S/C28H36N2O5S3.C28H36N2O5S2/c1-19-5-7-20(8-6-19)26(31)30(24-17-22(9-13-28(2,3)4)37-25(24)27(32)33)21-10-14-29(15-11-21)38(34,35)23-12-16-36-18-23;1-19-9-11-20(12-10-19)26(31)30(21-14-16-29(18-21)37(34,35)23-7-5-6-8-23)24-17-22(13-15-28(2,3)4)36-25(24)27(32)33/h12,16-21H,5-8,10-11,14-15H2,1-4H3,(H,32,33);5,7-8,17,19-21H,6,9-12,14,16,18H2,1-4H3,(H,32,33)/t;19?,20?,21-/m.0/s1. The number of allylic oxidation sites excluding steroid dienone is 3. The van der Waals surface area contributed by atoms with E-state index in [9.17, 15) is 46.2 Å². The number of aromatic carboxylic acids is 2. The monoisotopic (exact) mass is 1120 g/mol. The first kappa shape index (κ1) is 58.1. The van der Waals surface area contributed by atoms with Gasteiger partial charge in [-0.25, -0.2) is 26.4 Å². The van der Waals surface area contributed by atoms with Gasteiger partial charge in [-0.2, -0.15) is 19.9 Å². The van der Waals surface area contributed by atoms with Crippen molar-refractivity contribution < 1.29 is 46.2 Å². The molecular formula is C56H72N4O10S5. The Bertz CT molecular complexity index is 3000. The zero-order chi connectivity index (χ0) is 54.6. The molecule has 4 fully saturated rings. The maximum absolute atomic E-state index is 14.0. The lowest BCUT2D eigenvalue weighted by Gasteiger charge is -2.40. The van der Waals surface area contributed by atoms with Gasteiger partial charge in [0.2, 0.25) is 31.9 Å². The van der Waals surface area contributed by atoms with E-state index in [0.717, 1.165) is 74.0 Å². The Hall–Kier alpha value is -4.60. The smallest absolute Gasteiger partial charge is 0.348 e. The molecule has 3 aliphatic carbocycles. The van der Waals surface area contributed by atoms with E-state index in [4.69, 9.17) is 0 Å². The third-order valence-corrected chi connectivity index (χ3v) is 21.1. The molecule has 2 saturated heterocycles. The van der Waals surface area contributed by atoms with Gasteiger partial charge in [-0.15, -0.1) is 22.7 Å². The highest BCUT2D eigenvalue weighted by molar-refractivity contribution is 7.93. The molecular weight excluding hydrogens is 1050 g/mol. The highest BCUT2D eigenvalue weighted by atomic mass is 32.2. The number of anilines is 2. The number of nitrogens with zero attached hydrogens (tertiary/aromatic N) is 4. The van der Waals surface area contributed by atoms with Crippen LogP contribution in [-0.2, 0) is 29.6 Å². The molecule has 0 spiro atoms. The van der Waals surface area contributed by atoms with Crippen molar-refractivity contribution in [3.05, 3.63) is 71.6 Å². The summed E-state index contributed by atoms with van der Waals surface area (Å²) in [6.07, 6.45) is 14.0. The fourth-order valence-corrected chi connectivity index (χ4v) is 16.0. The molecule has 3 aromatic rings. The van der Waals surface area contributed by atoms with Crippen LogP contribution in [0.15, 0.2) is 57.0 Å². The number of sulfonamides is 2. The van der Waals surface area contributed by atoms with Crippen LogP contribution >= 0.6 is 34.0 Å². The molecule has 14 nitrogen and oxygen atoms in total. The average Bonchev–Trinajstić information content (AvgIpc) is 4.21. The fraction of sp³-hybridized carbons (Fsp3) is 0.571. The quantitative estimate of drug-likeness (QED) is 0.165. The topological polar surface area (TPSA) is 190 Å². The van der Waals surface area contributed by atoms with E-state index in [2.05, 4.69) is 37.5 Å². The van der Waals surface area contributed by atoms with E-state index >= 15 is 0 Å². The Kier molecular flexibility index (Phi) is 18.6. The number of hydrogen-bond acceptors (Lipinski definition) is 11. The third-order valence-electron chi connectivity index (χ3n) is 14.4. The number of hydrogen-bond donors (Lipinski definition) is 2. The van der Waals surface area contributed by atoms with Gasteiger partial charge < -0.3 is 20.0 Å². The van der Waals surface area contributed by atoms with Crippen molar-refractivity contribution in [3.63, 3.8) is 0 Å². The molecule has 0 radical (unpaired) electrons. The van der Waals surface area contributed by atoms with Gasteiger partial charge in [0.1, 0.15) is 9.75 Å². The summed E-state index contributed by atoms with van der Waals surface area (Å²) in [5.74, 6) is 10.9. The first-order valence-electron chi connectivity index (χ1n) is 26.1. The maximum atomic E-state index is 14.0. The molecule has 0 aromatic carbocycles. The van der Waals surface area contributed by atoms with Gasteiger partial charge in [-0.3, -0.25) is 9.59 Å². The van der Waals surface area contributed by atoms with Gasteiger partial charge in [0.15, 0.2) is 0 Å². The van der Waals surface area contributed by atoms with Crippen molar-refractivity contribution in [2.24, 2.45) is 34.5 Å². The summed E-state index contributed by atoms with van der Waals surface area (Å²) in [5.41, 5.74) is 0.223. The van der Waals surface area contributed by atoms with Gasteiger partial charge in [0, 0.05) is 60.3 Å². The summed E-state index contributed by atoms with van der Waals surface area (Å²) in [6.45, 7) is 17.3. The minimum Gasteiger partial charge on any atom is -0.477 e. The van der Waals surface area contributed by atoms with Crippen LogP contribution in [0.25, 0.3) is 0 Å². The van der Waals surface area contributed by atoms with Crippen LogP contribution in [0.2, 0.25) is 0 Å². The summed E-state index contributed by atoms with van der Waals surface area (Å²) in [6, 6.07) is 4.33. The molecule has 0 bridgehead atoms. The second kappa shape index (κ2) is 24.0. The number of thiophene rings is 3. The van der Waals surface area contributed by atoms with Gasteiger partial charge in [0.25, 0.3) is 0 Å². The summed E-state index contributed by atoms with van der Waals surface area (Å²) < 4.78 is 55.4. The molecule has 1 atom stereocenters. The van der Waals surface area contributed by atoms with Crippen molar-refractivity contribution in [3.8, 4) is 23.7 Å². The molecule has 5 aliphatic rings. The number of carbonyl (C=O) groups excluding carboxylic acids is 2. The van der Waals surface area contributed by atoms with Crippen LogP contribution < -0.4 is 9.80 Å². The molecule has 2 N–H and O–H groups in total. The minimum atomic E-state index is -3.66. The summed E-state index contributed by atoms with van der Waals surface area (Å²) in [5, 5.41) is 23.5.